The van der Waals surface area contributed by atoms with E-state index in [1.807, 2.05) is 0 Å². The molecule has 0 aliphatic rings. The molecule has 0 radical (unpaired) electrons. The van der Waals surface area contributed by atoms with Crippen LogP contribution in [0.3, 0.4) is 0 Å². The first kappa shape index (κ1) is 13.8. The van der Waals surface area contributed by atoms with Crippen molar-refractivity contribution in [3.8, 4) is 5.75 Å². The number of rotatable bonds is 4. The first-order chi connectivity index (χ1) is 9.13. The van der Waals surface area contributed by atoms with Crippen molar-refractivity contribution >= 4 is 29.5 Å². The quantitative estimate of drug-likeness (QED) is 0.776. The number of halogens is 3. The second kappa shape index (κ2) is 6.04. The van der Waals surface area contributed by atoms with Gasteiger partial charge in [-0.2, -0.15) is 0 Å². The maximum Gasteiger partial charge on any atom is 0.153 e. The van der Waals surface area contributed by atoms with Gasteiger partial charge in [0.1, 0.15) is 18.2 Å². The molecule has 0 N–H and O–H groups in total. The predicted octanol–water partition coefficient (Wildman–Crippen LogP) is 4.52. The number of hydrogen-bond acceptors (Lipinski definition) is 2. The third kappa shape index (κ3) is 3.06. The standard InChI is InChI=1S/C14H9Cl2FO2/c15-11-5-2-4-10(13(11)17)8-19-14-9(7-18)3-1-6-12(14)16/h1-7H,8H2. The Labute approximate surface area is 119 Å². The maximum absolute atomic E-state index is 13.7. The molecule has 2 aromatic rings. The number of para-hydroxylation sites is 1. The molecule has 2 rings (SSSR count). The van der Waals surface area contributed by atoms with Crippen LogP contribution in [-0.4, -0.2) is 6.29 Å². The Morgan fingerprint density at radius 1 is 1.11 bits per heavy atom. The minimum absolute atomic E-state index is 0.0240. The second-order valence-electron chi connectivity index (χ2n) is 3.78. The number of carbonyl (C=O) groups excluding carboxylic acids is 1. The van der Waals surface area contributed by atoms with Crippen LogP contribution in [0, 0.1) is 5.82 Å². The Morgan fingerprint density at radius 3 is 2.53 bits per heavy atom. The van der Waals surface area contributed by atoms with Crippen molar-refractivity contribution in [2.75, 3.05) is 0 Å². The molecule has 0 heterocycles. The van der Waals surface area contributed by atoms with Crippen molar-refractivity contribution in [2.45, 2.75) is 6.61 Å². The fourth-order valence-corrected chi connectivity index (χ4v) is 2.01. The van der Waals surface area contributed by atoms with E-state index in [1.54, 1.807) is 30.3 Å². The van der Waals surface area contributed by atoms with Crippen molar-refractivity contribution in [1.29, 1.82) is 0 Å². The summed E-state index contributed by atoms with van der Waals surface area (Å²) in [5.74, 6) is -0.303. The highest BCUT2D eigenvalue weighted by molar-refractivity contribution is 6.32. The van der Waals surface area contributed by atoms with Crippen LogP contribution in [0.4, 0.5) is 4.39 Å². The molecule has 0 saturated heterocycles. The molecule has 0 saturated carbocycles. The lowest BCUT2D eigenvalue weighted by Gasteiger charge is -2.11. The van der Waals surface area contributed by atoms with Gasteiger partial charge < -0.3 is 4.74 Å². The van der Waals surface area contributed by atoms with E-state index in [1.165, 1.54) is 6.07 Å². The lowest BCUT2D eigenvalue weighted by Crippen LogP contribution is -2.01. The molecule has 0 aromatic heterocycles. The van der Waals surface area contributed by atoms with Gasteiger partial charge in [0.25, 0.3) is 0 Å². The van der Waals surface area contributed by atoms with Crippen LogP contribution in [0.5, 0.6) is 5.75 Å². The number of aldehydes is 1. The average molecular weight is 299 g/mol. The maximum atomic E-state index is 13.7. The fraction of sp³-hybridized carbons (Fsp3) is 0.0714. The Balaban J connectivity index is 2.24. The van der Waals surface area contributed by atoms with Gasteiger partial charge >= 0.3 is 0 Å². The minimum atomic E-state index is -0.538. The van der Waals surface area contributed by atoms with Gasteiger partial charge in [0.05, 0.1) is 15.6 Å². The van der Waals surface area contributed by atoms with Crippen molar-refractivity contribution in [1.82, 2.24) is 0 Å². The molecule has 0 aliphatic heterocycles. The molecule has 0 bridgehead atoms. The van der Waals surface area contributed by atoms with Gasteiger partial charge in [-0.25, -0.2) is 4.39 Å². The van der Waals surface area contributed by atoms with Crippen LogP contribution in [0.1, 0.15) is 15.9 Å². The normalized spacial score (nSPS) is 10.3. The molecule has 2 aromatic carbocycles. The van der Waals surface area contributed by atoms with Gasteiger partial charge in [0, 0.05) is 5.56 Å². The van der Waals surface area contributed by atoms with Crippen molar-refractivity contribution < 1.29 is 13.9 Å². The Bertz CT molecular complexity index is 614. The third-order valence-corrected chi connectivity index (χ3v) is 3.12. The zero-order chi connectivity index (χ0) is 13.8. The minimum Gasteiger partial charge on any atom is -0.486 e. The Kier molecular flexibility index (Phi) is 4.40. The lowest BCUT2D eigenvalue weighted by atomic mass is 10.2. The molecule has 0 aliphatic carbocycles. The van der Waals surface area contributed by atoms with Crippen LogP contribution in [0.2, 0.25) is 10.0 Å². The topological polar surface area (TPSA) is 26.3 Å². The molecule has 0 spiro atoms. The van der Waals surface area contributed by atoms with Crippen LogP contribution in [0.25, 0.3) is 0 Å². The van der Waals surface area contributed by atoms with Gasteiger partial charge in [0.2, 0.25) is 0 Å². The summed E-state index contributed by atoms with van der Waals surface area (Å²) >= 11 is 11.6. The molecule has 2 nitrogen and oxygen atoms in total. The number of hydrogen-bond donors (Lipinski definition) is 0. The summed E-state index contributed by atoms with van der Waals surface area (Å²) < 4.78 is 19.1. The van der Waals surface area contributed by atoms with Gasteiger partial charge in [-0.15, -0.1) is 0 Å². The summed E-state index contributed by atoms with van der Waals surface area (Å²) in [4.78, 5) is 10.9. The van der Waals surface area contributed by atoms with Crippen molar-refractivity contribution in [3.63, 3.8) is 0 Å². The smallest absolute Gasteiger partial charge is 0.153 e. The SMILES string of the molecule is O=Cc1cccc(Cl)c1OCc1cccc(Cl)c1F. The molecular weight excluding hydrogens is 290 g/mol. The van der Waals surface area contributed by atoms with E-state index < -0.39 is 5.82 Å². The Hall–Kier alpha value is -1.58. The van der Waals surface area contributed by atoms with E-state index in [4.69, 9.17) is 27.9 Å². The molecule has 0 unspecified atom stereocenters. The highest BCUT2D eigenvalue weighted by Crippen LogP contribution is 2.29. The van der Waals surface area contributed by atoms with E-state index in [2.05, 4.69) is 0 Å². The van der Waals surface area contributed by atoms with Crippen LogP contribution >= 0.6 is 23.2 Å². The highest BCUT2D eigenvalue weighted by Gasteiger charge is 2.11. The summed E-state index contributed by atoms with van der Waals surface area (Å²) in [6.07, 6.45) is 0.634. The first-order valence-corrected chi connectivity index (χ1v) is 6.18. The number of ether oxygens (including phenoxy) is 1. The summed E-state index contributed by atoms with van der Waals surface area (Å²) in [5, 5.41) is 0.322. The highest BCUT2D eigenvalue weighted by atomic mass is 35.5. The monoisotopic (exact) mass is 298 g/mol. The largest absolute Gasteiger partial charge is 0.486 e. The first-order valence-electron chi connectivity index (χ1n) is 5.43. The predicted molar refractivity (Wildman–Crippen MR) is 72.6 cm³/mol. The molecule has 98 valence electrons. The van der Waals surface area contributed by atoms with Crippen molar-refractivity contribution in [3.05, 3.63) is 63.4 Å². The van der Waals surface area contributed by atoms with E-state index in [0.29, 0.717) is 22.4 Å². The zero-order valence-corrected chi connectivity index (χ0v) is 11.2. The molecule has 0 atom stereocenters. The second-order valence-corrected chi connectivity index (χ2v) is 4.59. The summed E-state index contributed by atoms with van der Waals surface area (Å²) in [5.41, 5.74) is 0.610. The number of benzene rings is 2. The summed E-state index contributed by atoms with van der Waals surface area (Å²) in [6, 6.07) is 9.43. The van der Waals surface area contributed by atoms with E-state index >= 15 is 0 Å². The fourth-order valence-electron chi connectivity index (χ4n) is 1.58. The average Bonchev–Trinajstić information content (AvgIpc) is 2.41. The molecule has 0 fully saturated rings. The van der Waals surface area contributed by atoms with Gasteiger partial charge in [0.15, 0.2) is 6.29 Å². The molecule has 5 heteroatoms. The van der Waals surface area contributed by atoms with Crippen LogP contribution in [0.15, 0.2) is 36.4 Å². The number of carbonyl (C=O) groups is 1. The van der Waals surface area contributed by atoms with E-state index in [0.717, 1.165) is 0 Å². The van der Waals surface area contributed by atoms with Crippen LogP contribution < -0.4 is 4.74 Å². The Morgan fingerprint density at radius 2 is 1.79 bits per heavy atom. The summed E-state index contributed by atoms with van der Waals surface area (Å²) in [6.45, 7) is -0.0586. The third-order valence-electron chi connectivity index (χ3n) is 2.53. The van der Waals surface area contributed by atoms with Gasteiger partial charge in [-0.1, -0.05) is 41.4 Å². The van der Waals surface area contributed by atoms with Gasteiger partial charge in [-0.3, -0.25) is 4.79 Å². The molecular formula is C14H9Cl2FO2. The van der Waals surface area contributed by atoms with E-state index in [9.17, 15) is 9.18 Å². The summed E-state index contributed by atoms with van der Waals surface area (Å²) in [7, 11) is 0. The zero-order valence-electron chi connectivity index (χ0n) is 9.70. The molecule has 19 heavy (non-hydrogen) atoms. The van der Waals surface area contributed by atoms with Crippen molar-refractivity contribution in [2.24, 2.45) is 0 Å². The lowest BCUT2D eigenvalue weighted by molar-refractivity contribution is 0.111. The van der Waals surface area contributed by atoms with Crippen LogP contribution in [-0.2, 0) is 6.61 Å². The van der Waals surface area contributed by atoms with Gasteiger partial charge in [-0.05, 0) is 18.2 Å². The molecule has 0 amide bonds. The van der Waals surface area contributed by atoms with E-state index in [-0.39, 0.29) is 17.4 Å².